The van der Waals surface area contributed by atoms with Crippen LogP contribution in [0.15, 0.2) is 54.6 Å². The van der Waals surface area contributed by atoms with Gasteiger partial charge in [0.2, 0.25) is 12.7 Å². The van der Waals surface area contributed by atoms with E-state index in [2.05, 4.69) is 11.1 Å². The fraction of sp³-hybridized carbons (Fsp3) is 0.143. The Kier molecular flexibility index (Phi) is 4.16. The van der Waals surface area contributed by atoms with E-state index in [0.717, 1.165) is 22.4 Å². The van der Waals surface area contributed by atoms with Crippen LogP contribution in [0.3, 0.4) is 0 Å². The maximum atomic E-state index is 9.72. The fourth-order valence-corrected chi connectivity index (χ4v) is 2.92. The second kappa shape index (κ2) is 6.77. The smallest absolute Gasteiger partial charge is 0.232 e. The first kappa shape index (κ1) is 16.0. The minimum atomic E-state index is 0.208. The van der Waals surface area contributed by atoms with Gasteiger partial charge in [-0.1, -0.05) is 36.4 Å². The number of nitrogens with zero attached hydrogens (tertiary/aromatic N) is 2. The predicted octanol–water partition coefficient (Wildman–Crippen LogP) is 4.41. The summed E-state index contributed by atoms with van der Waals surface area (Å²) in [7, 11) is 0. The number of rotatable bonds is 4. The van der Waals surface area contributed by atoms with E-state index < -0.39 is 0 Å². The van der Waals surface area contributed by atoms with Crippen LogP contribution in [-0.2, 0) is 0 Å². The molecule has 0 fully saturated rings. The molecule has 0 radical (unpaired) electrons. The van der Waals surface area contributed by atoms with Gasteiger partial charge in [0.15, 0.2) is 11.5 Å². The molecule has 2 heterocycles. The molecule has 0 saturated carbocycles. The molecule has 5 nitrogen and oxygen atoms in total. The number of nitriles is 1. The Balaban J connectivity index is 1.92. The van der Waals surface area contributed by atoms with Crippen molar-refractivity contribution in [3.05, 3.63) is 60.2 Å². The molecular formula is C21H16N2O3. The van der Waals surface area contributed by atoms with Crippen LogP contribution in [0.2, 0.25) is 0 Å². The summed E-state index contributed by atoms with van der Waals surface area (Å²) >= 11 is 0. The van der Waals surface area contributed by atoms with Gasteiger partial charge in [-0.15, -0.1) is 0 Å². The van der Waals surface area contributed by atoms with Gasteiger partial charge in [0.05, 0.1) is 12.3 Å². The van der Waals surface area contributed by atoms with E-state index in [1.165, 1.54) is 0 Å². The van der Waals surface area contributed by atoms with Gasteiger partial charge in [-0.2, -0.15) is 5.26 Å². The van der Waals surface area contributed by atoms with E-state index in [0.29, 0.717) is 29.5 Å². The third kappa shape index (κ3) is 2.82. The van der Waals surface area contributed by atoms with E-state index in [9.17, 15) is 5.26 Å². The average Bonchev–Trinajstić information content (AvgIpc) is 3.16. The van der Waals surface area contributed by atoms with Gasteiger partial charge in [-0.05, 0) is 30.7 Å². The molecule has 4 rings (SSSR count). The summed E-state index contributed by atoms with van der Waals surface area (Å²) in [6.45, 7) is 2.51. The average molecular weight is 344 g/mol. The third-order valence-corrected chi connectivity index (χ3v) is 4.13. The van der Waals surface area contributed by atoms with Crippen LogP contribution in [0.4, 0.5) is 0 Å². The summed E-state index contributed by atoms with van der Waals surface area (Å²) < 4.78 is 16.5. The SMILES string of the molecule is CCOc1nc(-c2ccccc2)cc(-c2ccc3c(c2)OCO3)c1C#N. The quantitative estimate of drug-likeness (QED) is 0.701. The van der Waals surface area contributed by atoms with Crippen LogP contribution in [0, 0.1) is 11.3 Å². The van der Waals surface area contributed by atoms with Gasteiger partial charge in [-0.25, -0.2) is 4.98 Å². The van der Waals surface area contributed by atoms with Crippen LogP contribution in [0.25, 0.3) is 22.4 Å². The lowest BCUT2D eigenvalue weighted by molar-refractivity contribution is 0.174. The van der Waals surface area contributed by atoms with Gasteiger partial charge in [0.1, 0.15) is 11.6 Å². The van der Waals surface area contributed by atoms with Gasteiger partial charge >= 0.3 is 0 Å². The molecule has 0 aliphatic carbocycles. The molecule has 2 aromatic carbocycles. The first-order valence-corrected chi connectivity index (χ1v) is 8.33. The molecule has 0 bridgehead atoms. The third-order valence-electron chi connectivity index (χ3n) is 4.13. The first-order valence-electron chi connectivity index (χ1n) is 8.33. The zero-order valence-electron chi connectivity index (χ0n) is 14.2. The van der Waals surface area contributed by atoms with Crippen LogP contribution in [0.5, 0.6) is 17.4 Å². The highest BCUT2D eigenvalue weighted by Gasteiger charge is 2.19. The Morgan fingerprint density at radius 1 is 1.04 bits per heavy atom. The second-order valence-electron chi connectivity index (χ2n) is 5.71. The Morgan fingerprint density at radius 2 is 1.85 bits per heavy atom. The number of hydrogen-bond acceptors (Lipinski definition) is 5. The molecule has 0 saturated heterocycles. The minimum Gasteiger partial charge on any atom is -0.477 e. The van der Waals surface area contributed by atoms with Crippen molar-refractivity contribution in [2.75, 3.05) is 13.4 Å². The van der Waals surface area contributed by atoms with Gasteiger partial charge in [-0.3, -0.25) is 0 Å². The molecule has 1 aromatic heterocycles. The molecule has 128 valence electrons. The highest BCUT2D eigenvalue weighted by molar-refractivity contribution is 5.79. The van der Waals surface area contributed by atoms with Crippen molar-refractivity contribution >= 4 is 0 Å². The lowest BCUT2D eigenvalue weighted by atomic mass is 9.98. The summed E-state index contributed by atoms with van der Waals surface area (Å²) in [5.41, 5.74) is 3.72. The van der Waals surface area contributed by atoms with Gasteiger partial charge in [0.25, 0.3) is 0 Å². The highest BCUT2D eigenvalue weighted by Crippen LogP contribution is 2.39. The zero-order chi connectivity index (χ0) is 17.9. The molecule has 3 aromatic rings. The second-order valence-corrected chi connectivity index (χ2v) is 5.71. The predicted molar refractivity (Wildman–Crippen MR) is 97.1 cm³/mol. The van der Waals surface area contributed by atoms with Crippen molar-refractivity contribution in [3.63, 3.8) is 0 Å². The number of ether oxygens (including phenoxy) is 3. The molecule has 0 unspecified atom stereocenters. The Labute approximate surface area is 151 Å². The highest BCUT2D eigenvalue weighted by atomic mass is 16.7. The molecule has 1 aliphatic heterocycles. The Bertz CT molecular complexity index is 994. The maximum absolute atomic E-state index is 9.72. The topological polar surface area (TPSA) is 64.4 Å². The van der Waals surface area contributed by atoms with E-state index in [-0.39, 0.29) is 6.79 Å². The summed E-state index contributed by atoms with van der Waals surface area (Å²) in [6.07, 6.45) is 0. The molecule has 0 atom stereocenters. The number of benzene rings is 2. The fourth-order valence-electron chi connectivity index (χ4n) is 2.92. The summed E-state index contributed by atoms with van der Waals surface area (Å²) in [5, 5.41) is 9.72. The standard InChI is InChI=1S/C21H16N2O3/c1-2-24-21-17(12-22)16(11-18(23-21)14-6-4-3-5-7-14)15-8-9-19-20(10-15)26-13-25-19/h3-11H,2,13H2,1H3. The van der Waals surface area contributed by atoms with Crippen molar-refractivity contribution in [1.82, 2.24) is 4.98 Å². The minimum absolute atomic E-state index is 0.208. The normalized spacial score (nSPS) is 11.8. The zero-order valence-corrected chi connectivity index (χ0v) is 14.2. The van der Waals surface area contributed by atoms with Gasteiger partial charge in [0, 0.05) is 11.1 Å². The molecular weight excluding hydrogens is 328 g/mol. The number of pyridine rings is 1. The summed E-state index contributed by atoms with van der Waals surface area (Å²) in [6, 6.07) is 19.6. The first-order chi connectivity index (χ1) is 12.8. The van der Waals surface area contributed by atoms with Crippen LogP contribution in [-0.4, -0.2) is 18.4 Å². The molecule has 0 spiro atoms. The van der Waals surface area contributed by atoms with Crippen molar-refractivity contribution in [2.45, 2.75) is 6.92 Å². The van der Waals surface area contributed by atoms with E-state index in [1.54, 1.807) is 0 Å². The molecule has 0 N–H and O–H groups in total. The molecule has 0 amide bonds. The van der Waals surface area contributed by atoms with Crippen molar-refractivity contribution in [2.24, 2.45) is 0 Å². The lowest BCUT2D eigenvalue weighted by Crippen LogP contribution is -2.01. The molecule has 26 heavy (non-hydrogen) atoms. The number of hydrogen-bond donors (Lipinski definition) is 0. The van der Waals surface area contributed by atoms with Crippen molar-refractivity contribution in [3.8, 4) is 45.8 Å². The Hall–Kier alpha value is -3.52. The Morgan fingerprint density at radius 3 is 2.62 bits per heavy atom. The van der Waals surface area contributed by atoms with E-state index in [4.69, 9.17) is 14.2 Å². The molecule has 5 heteroatoms. The van der Waals surface area contributed by atoms with Crippen LogP contribution >= 0.6 is 0 Å². The van der Waals surface area contributed by atoms with Crippen LogP contribution in [0.1, 0.15) is 12.5 Å². The monoisotopic (exact) mass is 344 g/mol. The van der Waals surface area contributed by atoms with Gasteiger partial charge < -0.3 is 14.2 Å². The van der Waals surface area contributed by atoms with Crippen molar-refractivity contribution < 1.29 is 14.2 Å². The molecule has 1 aliphatic rings. The van der Waals surface area contributed by atoms with E-state index >= 15 is 0 Å². The lowest BCUT2D eigenvalue weighted by Gasteiger charge is -2.13. The summed E-state index contributed by atoms with van der Waals surface area (Å²) in [4.78, 5) is 4.56. The summed E-state index contributed by atoms with van der Waals surface area (Å²) in [5.74, 6) is 1.71. The largest absolute Gasteiger partial charge is 0.477 e. The van der Waals surface area contributed by atoms with Crippen LogP contribution < -0.4 is 14.2 Å². The number of aromatic nitrogens is 1. The maximum Gasteiger partial charge on any atom is 0.232 e. The number of fused-ring (bicyclic) bond motifs is 1. The van der Waals surface area contributed by atoms with Crippen molar-refractivity contribution in [1.29, 1.82) is 5.26 Å². The van der Waals surface area contributed by atoms with E-state index in [1.807, 2.05) is 61.5 Å².